The van der Waals surface area contributed by atoms with E-state index in [9.17, 15) is 5.11 Å². The van der Waals surface area contributed by atoms with Crippen molar-refractivity contribution in [1.82, 2.24) is 29.5 Å². The van der Waals surface area contributed by atoms with Gasteiger partial charge in [0.15, 0.2) is 11.5 Å². The number of piperidine rings is 1. The number of aromatic nitrogens is 6. The summed E-state index contributed by atoms with van der Waals surface area (Å²) in [5, 5.41) is 11.1. The lowest BCUT2D eigenvalue weighted by molar-refractivity contribution is -0.00252. The highest BCUT2D eigenvalue weighted by molar-refractivity contribution is 5.81. The number of nitrogen functional groups attached to an aromatic ring is 1. The first-order valence-corrected chi connectivity index (χ1v) is 7.72. The molecule has 3 aromatic heterocycles. The molecule has 9 heteroatoms. The van der Waals surface area contributed by atoms with Gasteiger partial charge in [-0.1, -0.05) is 0 Å². The zero-order valence-corrected chi connectivity index (χ0v) is 13.2. The van der Waals surface area contributed by atoms with Crippen molar-refractivity contribution in [1.29, 1.82) is 0 Å². The molecule has 0 saturated carbocycles. The van der Waals surface area contributed by atoms with Crippen molar-refractivity contribution in [3.05, 3.63) is 31.2 Å². The highest BCUT2D eigenvalue weighted by Gasteiger charge is 2.40. The van der Waals surface area contributed by atoms with E-state index in [2.05, 4.69) is 24.9 Å². The molecule has 0 aliphatic carbocycles. The quantitative estimate of drug-likeness (QED) is 0.694. The first-order chi connectivity index (χ1) is 11.6. The molecule has 1 fully saturated rings. The Hall–Kier alpha value is -2.81. The smallest absolute Gasteiger partial charge is 0.165 e. The minimum absolute atomic E-state index is 0.162. The number of nitrogens with two attached hydrogens (primary N) is 1. The Morgan fingerprint density at radius 3 is 2.88 bits per heavy atom. The topological polar surface area (TPSA) is 119 Å². The number of hydrogen-bond donors (Lipinski definition) is 2. The van der Waals surface area contributed by atoms with Gasteiger partial charge in [0, 0.05) is 25.5 Å². The first kappa shape index (κ1) is 14.8. The van der Waals surface area contributed by atoms with Crippen LogP contribution in [0.2, 0.25) is 0 Å². The van der Waals surface area contributed by atoms with Crippen LogP contribution in [0.3, 0.4) is 0 Å². The van der Waals surface area contributed by atoms with Crippen molar-refractivity contribution >= 4 is 22.8 Å². The van der Waals surface area contributed by atoms with Crippen LogP contribution in [0.4, 0.5) is 11.6 Å². The summed E-state index contributed by atoms with van der Waals surface area (Å²) >= 11 is 0. The molecule has 124 valence electrons. The number of anilines is 2. The predicted octanol–water partition coefficient (Wildman–Crippen LogP) is 0.401. The molecule has 1 aliphatic rings. The van der Waals surface area contributed by atoms with Crippen LogP contribution >= 0.6 is 0 Å². The summed E-state index contributed by atoms with van der Waals surface area (Å²) in [4.78, 5) is 23.0. The number of hydrogen-bond acceptors (Lipinski definition) is 8. The zero-order chi connectivity index (χ0) is 16.7. The lowest BCUT2D eigenvalue weighted by Gasteiger charge is -2.43. The molecule has 0 bridgehead atoms. The molecular weight excluding hydrogens is 308 g/mol. The zero-order valence-electron chi connectivity index (χ0n) is 13.2. The second-order valence-electron chi connectivity index (χ2n) is 6.23. The summed E-state index contributed by atoms with van der Waals surface area (Å²) in [6.45, 7) is 3.01. The van der Waals surface area contributed by atoms with Crippen LogP contribution in [-0.4, -0.2) is 53.3 Å². The number of β-amino-alcohol motifs (C(OH)–C–C–N with tert-alkyl or cyclic N) is 1. The van der Waals surface area contributed by atoms with E-state index in [1.54, 1.807) is 24.9 Å². The van der Waals surface area contributed by atoms with E-state index in [0.29, 0.717) is 23.5 Å². The molecule has 3 N–H and O–H groups in total. The summed E-state index contributed by atoms with van der Waals surface area (Å²) in [7, 11) is 0. The van der Waals surface area contributed by atoms with Crippen molar-refractivity contribution in [3.8, 4) is 0 Å². The fraction of sp³-hybridized carbons (Fsp3) is 0.400. The molecular formula is C15H18N8O. The average molecular weight is 326 g/mol. The van der Waals surface area contributed by atoms with E-state index in [1.165, 1.54) is 6.33 Å². The number of nitrogens with zero attached hydrogens (tertiary/aromatic N) is 7. The fourth-order valence-electron chi connectivity index (χ4n) is 3.35. The molecule has 0 unspecified atom stereocenters. The molecule has 0 radical (unpaired) electrons. The van der Waals surface area contributed by atoms with E-state index < -0.39 is 5.60 Å². The van der Waals surface area contributed by atoms with Gasteiger partial charge in [0.05, 0.1) is 18.6 Å². The van der Waals surface area contributed by atoms with Gasteiger partial charge >= 0.3 is 0 Å². The second-order valence-corrected chi connectivity index (χ2v) is 6.23. The van der Waals surface area contributed by atoms with Crippen LogP contribution in [0.1, 0.15) is 19.4 Å². The van der Waals surface area contributed by atoms with Gasteiger partial charge in [0.25, 0.3) is 0 Å². The first-order valence-electron chi connectivity index (χ1n) is 7.72. The lowest BCUT2D eigenvalue weighted by Crippen LogP contribution is -2.53. The van der Waals surface area contributed by atoms with Crippen LogP contribution in [0.15, 0.2) is 31.2 Å². The maximum absolute atomic E-state index is 11.1. The summed E-state index contributed by atoms with van der Waals surface area (Å²) in [5.41, 5.74) is 6.07. The van der Waals surface area contributed by atoms with E-state index in [0.717, 1.165) is 18.8 Å². The van der Waals surface area contributed by atoms with Gasteiger partial charge < -0.3 is 20.3 Å². The fourth-order valence-corrected chi connectivity index (χ4v) is 3.35. The number of imidazole rings is 1. The lowest BCUT2D eigenvalue weighted by atomic mass is 9.89. The largest absolute Gasteiger partial charge is 0.386 e. The Bertz CT molecular complexity index is 862. The third-order valence-electron chi connectivity index (χ3n) is 4.50. The van der Waals surface area contributed by atoms with E-state index in [-0.39, 0.29) is 6.04 Å². The van der Waals surface area contributed by atoms with Crippen LogP contribution in [0.5, 0.6) is 0 Å². The molecule has 9 nitrogen and oxygen atoms in total. The molecule has 1 aliphatic heterocycles. The summed E-state index contributed by atoms with van der Waals surface area (Å²) in [6.07, 6.45) is 8.80. The van der Waals surface area contributed by atoms with E-state index in [1.807, 2.05) is 16.4 Å². The molecule has 4 rings (SSSR count). The Kier molecular flexibility index (Phi) is 3.31. The standard InChI is InChI=1S/C15H18N8O/c1-15(24)7-22(11-6-17-3-4-18-11)5-2-10(15)23-9-21-12-13(16)19-8-20-14(12)23/h3-4,6,8-10,24H,2,5,7H2,1H3,(H2,16,19,20)/t10-,15-/m1/s1. The van der Waals surface area contributed by atoms with Crippen molar-refractivity contribution in [2.45, 2.75) is 25.0 Å². The van der Waals surface area contributed by atoms with E-state index in [4.69, 9.17) is 5.73 Å². The number of fused-ring (bicyclic) bond motifs is 1. The van der Waals surface area contributed by atoms with Gasteiger partial charge in [0.2, 0.25) is 0 Å². The summed E-state index contributed by atoms with van der Waals surface area (Å²) < 4.78 is 1.89. The van der Waals surface area contributed by atoms with Crippen molar-refractivity contribution in [2.75, 3.05) is 23.7 Å². The Morgan fingerprint density at radius 2 is 2.12 bits per heavy atom. The van der Waals surface area contributed by atoms with Crippen molar-refractivity contribution in [2.24, 2.45) is 0 Å². The van der Waals surface area contributed by atoms with Gasteiger partial charge in [-0.25, -0.2) is 19.9 Å². The normalized spacial score (nSPS) is 24.4. The average Bonchev–Trinajstić information content (AvgIpc) is 3.00. The Morgan fingerprint density at radius 1 is 1.25 bits per heavy atom. The molecule has 0 amide bonds. The van der Waals surface area contributed by atoms with Gasteiger partial charge in [-0.05, 0) is 13.3 Å². The Balaban J connectivity index is 1.66. The van der Waals surface area contributed by atoms with Crippen LogP contribution in [0.25, 0.3) is 11.2 Å². The maximum atomic E-state index is 11.1. The Labute approximate surface area is 138 Å². The predicted molar refractivity (Wildman–Crippen MR) is 88.3 cm³/mol. The number of aliphatic hydroxyl groups is 1. The summed E-state index contributed by atoms with van der Waals surface area (Å²) in [5.74, 6) is 1.11. The molecule has 3 aromatic rings. The molecule has 1 saturated heterocycles. The molecule has 24 heavy (non-hydrogen) atoms. The SMILES string of the molecule is C[C@@]1(O)CN(c2cnccn2)CC[C@H]1n1cnc2c(N)ncnc21. The van der Waals surface area contributed by atoms with Gasteiger partial charge in [-0.3, -0.25) is 4.98 Å². The maximum Gasteiger partial charge on any atom is 0.165 e. The third-order valence-corrected chi connectivity index (χ3v) is 4.50. The minimum Gasteiger partial charge on any atom is -0.386 e. The van der Waals surface area contributed by atoms with Gasteiger partial charge in [-0.15, -0.1) is 0 Å². The highest BCUT2D eigenvalue weighted by atomic mass is 16.3. The van der Waals surface area contributed by atoms with Crippen LogP contribution < -0.4 is 10.6 Å². The molecule has 2 atom stereocenters. The third kappa shape index (κ3) is 2.33. The van der Waals surface area contributed by atoms with Crippen molar-refractivity contribution in [3.63, 3.8) is 0 Å². The van der Waals surface area contributed by atoms with E-state index >= 15 is 0 Å². The molecule has 0 aromatic carbocycles. The van der Waals surface area contributed by atoms with Crippen LogP contribution in [-0.2, 0) is 0 Å². The molecule has 0 spiro atoms. The number of rotatable bonds is 2. The van der Waals surface area contributed by atoms with Gasteiger partial charge in [0.1, 0.15) is 23.3 Å². The second kappa shape index (κ2) is 5.38. The summed E-state index contributed by atoms with van der Waals surface area (Å²) in [6, 6.07) is -0.162. The van der Waals surface area contributed by atoms with Crippen molar-refractivity contribution < 1.29 is 5.11 Å². The van der Waals surface area contributed by atoms with Crippen LogP contribution in [0, 0.1) is 0 Å². The monoisotopic (exact) mass is 326 g/mol. The minimum atomic E-state index is -0.983. The molecule has 4 heterocycles. The highest BCUT2D eigenvalue weighted by Crippen LogP contribution is 2.35. The van der Waals surface area contributed by atoms with Gasteiger partial charge in [-0.2, -0.15) is 0 Å².